The van der Waals surface area contributed by atoms with Crippen molar-refractivity contribution in [3.05, 3.63) is 11.6 Å². The molecule has 1 fully saturated rings. The summed E-state index contributed by atoms with van der Waals surface area (Å²) in [5, 5.41) is 6.98. The third-order valence-electron chi connectivity index (χ3n) is 3.84. The number of carbonyl (C=O) groups is 1. The highest BCUT2D eigenvalue weighted by Crippen LogP contribution is 2.37. The van der Waals surface area contributed by atoms with Crippen LogP contribution in [0.15, 0.2) is 0 Å². The minimum absolute atomic E-state index is 0.0982. The molecule has 1 aliphatic rings. The number of hydrogen-bond acceptors (Lipinski definition) is 4. The van der Waals surface area contributed by atoms with Gasteiger partial charge in [-0.3, -0.25) is 9.89 Å². The molecule has 112 valence electrons. The van der Waals surface area contributed by atoms with Crippen LogP contribution in [0.3, 0.4) is 0 Å². The largest absolute Gasteiger partial charge is 0.383 e. The number of hydrogen-bond donors (Lipinski definition) is 1. The van der Waals surface area contributed by atoms with E-state index in [4.69, 9.17) is 4.74 Å². The Hall–Kier alpha value is -1.43. The van der Waals surface area contributed by atoms with Crippen molar-refractivity contribution >= 4 is 5.91 Å². The molecule has 1 aromatic heterocycles. The van der Waals surface area contributed by atoms with Crippen LogP contribution in [0, 0.1) is 0 Å². The average molecular weight is 280 g/mol. The molecule has 0 aromatic carbocycles. The van der Waals surface area contributed by atoms with Crippen molar-refractivity contribution in [2.45, 2.75) is 51.5 Å². The summed E-state index contributed by atoms with van der Waals surface area (Å²) in [4.78, 5) is 18.8. The number of nitrogens with one attached hydrogen (secondary N) is 1. The quantitative estimate of drug-likeness (QED) is 0.790. The van der Waals surface area contributed by atoms with Crippen molar-refractivity contribution < 1.29 is 9.53 Å². The second kappa shape index (κ2) is 6.83. The van der Waals surface area contributed by atoms with E-state index in [1.165, 1.54) is 0 Å². The highest BCUT2D eigenvalue weighted by Gasteiger charge is 2.30. The van der Waals surface area contributed by atoms with Gasteiger partial charge >= 0.3 is 0 Å². The lowest BCUT2D eigenvalue weighted by atomic mass is 10.1. The molecule has 0 saturated heterocycles. The Bertz CT molecular complexity index is 438. The number of carbonyl (C=O) groups excluding carboxylic acids is 1. The molecule has 0 spiro atoms. The monoisotopic (exact) mass is 280 g/mol. The first kappa shape index (κ1) is 15.0. The summed E-state index contributed by atoms with van der Waals surface area (Å²) in [6, 6.07) is 0.209. The van der Waals surface area contributed by atoms with E-state index >= 15 is 0 Å². The molecule has 1 amide bonds. The fraction of sp³-hybridized carbons (Fsp3) is 0.786. The third kappa shape index (κ3) is 3.36. The molecule has 1 saturated carbocycles. The molecular formula is C14H24N4O2. The first-order chi connectivity index (χ1) is 9.71. The van der Waals surface area contributed by atoms with E-state index in [-0.39, 0.29) is 17.8 Å². The summed E-state index contributed by atoms with van der Waals surface area (Å²) in [7, 11) is 1.65. The summed E-state index contributed by atoms with van der Waals surface area (Å²) in [5.41, 5.74) is 0. The molecule has 1 heterocycles. The number of aromatic nitrogens is 3. The van der Waals surface area contributed by atoms with Gasteiger partial charge in [-0.15, -0.1) is 5.10 Å². The Kier molecular flexibility index (Phi) is 5.11. The zero-order chi connectivity index (χ0) is 14.5. The zero-order valence-corrected chi connectivity index (χ0v) is 12.6. The van der Waals surface area contributed by atoms with Gasteiger partial charge in [0.2, 0.25) is 5.82 Å². The van der Waals surface area contributed by atoms with Gasteiger partial charge in [0.05, 0.1) is 6.61 Å². The third-order valence-corrected chi connectivity index (χ3v) is 3.84. The molecule has 0 atom stereocenters. The van der Waals surface area contributed by atoms with Crippen molar-refractivity contribution in [1.82, 2.24) is 20.1 Å². The van der Waals surface area contributed by atoms with Crippen LogP contribution in [0.5, 0.6) is 0 Å². The summed E-state index contributed by atoms with van der Waals surface area (Å²) >= 11 is 0. The standard InChI is InChI=1S/C14H24N4O2/c1-4-11(5-2)18(8-9-20-3)14(19)13-15-12(16-17-13)10-6-7-10/h10-11H,4-9H2,1-3H3,(H,15,16,17). The molecule has 20 heavy (non-hydrogen) atoms. The fourth-order valence-electron chi connectivity index (χ4n) is 2.41. The van der Waals surface area contributed by atoms with Gasteiger partial charge in [0.15, 0.2) is 0 Å². The Labute approximate surface area is 119 Å². The van der Waals surface area contributed by atoms with Gasteiger partial charge in [-0.1, -0.05) is 13.8 Å². The van der Waals surface area contributed by atoms with Gasteiger partial charge in [-0.05, 0) is 25.7 Å². The molecular weight excluding hydrogens is 256 g/mol. The predicted molar refractivity (Wildman–Crippen MR) is 75.6 cm³/mol. The minimum Gasteiger partial charge on any atom is -0.383 e. The molecule has 0 bridgehead atoms. The lowest BCUT2D eigenvalue weighted by Crippen LogP contribution is -2.42. The normalized spacial score (nSPS) is 14.8. The SMILES string of the molecule is CCC(CC)N(CCOC)C(=O)c1n[nH]c(C2CC2)n1. The second-order valence-electron chi connectivity index (χ2n) is 5.28. The number of nitrogens with zero attached hydrogens (tertiary/aromatic N) is 3. The highest BCUT2D eigenvalue weighted by atomic mass is 16.5. The van der Waals surface area contributed by atoms with E-state index in [1.807, 2.05) is 4.90 Å². The molecule has 0 aliphatic heterocycles. The summed E-state index contributed by atoms with van der Waals surface area (Å²) in [6.07, 6.45) is 4.13. The van der Waals surface area contributed by atoms with Crippen LogP contribution in [0.2, 0.25) is 0 Å². The predicted octanol–water partition coefficient (Wildman–Crippen LogP) is 1.96. The van der Waals surface area contributed by atoms with Crippen LogP contribution in [0.4, 0.5) is 0 Å². The van der Waals surface area contributed by atoms with Crippen LogP contribution in [0.25, 0.3) is 0 Å². The van der Waals surface area contributed by atoms with E-state index in [2.05, 4.69) is 29.0 Å². The van der Waals surface area contributed by atoms with Gasteiger partial charge in [-0.2, -0.15) is 0 Å². The second-order valence-corrected chi connectivity index (χ2v) is 5.28. The maximum atomic E-state index is 12.6. The smallest absolute Gasteiger partial charge is 0.293 e. The van der Waals surface area contributed by atoms with E-state index in [0.29, 0.717) is 19.1 Å². The minimum atomic E-state index is -0.0982. The Morgan fingerprint density at radius 3 is 2.70 bits per heavy atom. The lowest BCUT2D eigenvalue weighted by Gasteiger charge is -2.29. The van der Waals surface area contributed by atoms with Gasteiger partial charge in [-0.25, -0.2) is 4.98 Å². The summed E-state index contributed by atoms with van der Waals surface area (Å²) < 4.78 is 5.11. The molecule has 6 heteroatoms. The Balaban J connectivity index is 2.10. The van der Waals surface area contributed by atoms with Crippen molar-refractivity contribution in [2.75, 3.05) is 20.3 Å². The van der Waals surface area contributed by atoms with Crippen molar-refractivity contribution in [1.29, 1.82) is 0 Å². The molecule has 2 rings (SSSR count). The summed E-state index contributed by atoms with van der Waals surface area (Å²) in [6.45, 7) is 5.29. The number of H-pyrrole nitrogens is 1. The average Bonchev–Trinajstić information content (AvgIpc) is 3.20. The molecule has 1 N–H and O–H groups in total. The number of methoxy groups -OCH3 is 1. The zero-order valence-electron chi connectivity index (χ0n) is 12.6. The molecule has 0 radical (unpaired) electrons. The number of ether oxygens (including phenoxy) is 1. The van der Waals surface area contributed by atoms with Crippen molar-refractivity contribution in [2.24, 2.45) is 0 Å². The molecule has 1 aliphatic carbocycles. The van der Waals surface area contributed by atoms with E-state index < -0.39 is 0 Å². The maximum absolute atomic E-state index is 12.6. The van der Waals surface area contributed by atoms with E-state index in [1.54, 1.807) is 7.11 Å². The lowest BCUT2D eigenvalue weighted by molar-refractivity contribution is 0.0578. The van der Waals surface area contributed by atoms with Gasteiger partial charge in [0, 0.05) is 25.6 Å². The molecule has 1 aromatic rings. The van der Waals surface area contributed by atoms with Crippen LogP contribution < -0.4 is 0 Å². The van der Waals surface area contributed by atoms with Crippen molar-refractivity contribution in [3.63, 3.8) is 0 Å². The van der Waals surface area contributed by atoms with Crippen LogP contribution >= 0.6 is 0 Å². The fourth-order valence-corrected chi connectivity index (χ4v) is 2.41. The number of aromatic amines is 1. The highest BCUT2D eigenvalue weighted by molar-refractivity contribution is 5.90. The first-order valence-corrected chi connectivity index (χ1v) is 7.43. The van der Waals surface area contributed by atoms with Crippen LogP contribution in [-0.2, 0) is 4.74 Å². The Morgan fingerprint density at radius 2 is 2.15 bits per heavy atom. The van der Waals surface area contributed by atoms with E-state index in [9.17, 15) is 4.79 Å². The van der Waals surface area contributed by atoms with Gasteiger partial charge in [0.1, 0.15) is 5.82 Å². The number of rotatable bonds is 8. The first-order valence-electron chi connectivity index (χ1n) is 7.43. The topological polar surface area (TPSA) is 71.1 Å². The number of amides is 1. The van der Waals surface area contributed by atoms with Crippen LogP contribution in [-0.4, -0.2) is 52.3 Å². The summed E-state index contributed by atoms with van der Waals surface area (Å²) in [5.74, 6) is 1.52. The molecule has 6 nitrogen and oxygen atoms in total. The van der Waals surface area contributed by atoms with Crippen molar-refractivity contribution in [3.8, 4) is 0 Å². The Morgan fingerprint density at radius 1 is 1.45 bits per heavy atom. The van der Waals surface area contributed by atoms with Gasteiger partial charge < -0.3 is 9.64 Å². The molecule has 0 unspecified atom stereocenters. The van der Waals surface area contributed by atoms with Gasteiger partial charge in [0.25, 0.3) is 5.91 Å². The maximum Gasteiger partial charge on any atom is 0.293 e. The van der Waals surface area contributed by atoms with E-state index in [0.717, 1.165) is 31.5 Å². The van der Waals surface area contributed by atoms with Crippen LogP contribution in [0.1, 0.15) is 61.9 Å².